The maximum Gasteiger partial charge on any atom is 0.323 e. The van der Waals surface area contributed by atoms with Crippen LogP contribution in [0.1, 0.15) is 46.8 Å². The van der Waals surface area contributed by atoms with Crippen LogP contribution in [-0.4, -0.2) is 45.7 Å². The number of fused-ring (bicyclic) bond motifs is 1. The first-order valence-corrected chi connectivity index (χ1v) is 13.0. The smallest absolute Gasteiger partial charge is 0.323 e. The fourth-order valence-electron chi connectivity index (χ4n) is 4.50. The van der Waals surface area contributed by atoms with Gasteiger partial charge in [0.25, 0.3) is 0 Å². The number of carboxylic acid groups (broad SMARTS) is 2. The molecule has 0 radical (unpaired) electrons. The van der Waals surface area contributed by atoms with Gasteiger partial charge in [-0.3, -0.25) is 14.4 Å². The molecule has 3 aromatic carbocycles. The van der Waals surface area contributed by atoms with Crippen LogP contribution in [0, 0.1) is 0 Å². The summed E-state index contributed by atoms with van der Waals surface area (Å²) in [6.45, 7) is 2.32. The fourth-order valence-corrected chi connectivity index (χ4v) is 4.50. The van der Waals surface area contributed by atoms with E-state index in [1.807, 2.05) is 60.7 Å². The highest BCUT2D eigenvalue weighted by molar-refractivity contribution is 5.97. The standard InChI is InChI=1S/C32H31NO7/c1-22(34)27-8-2-3-10-29(27)40-18-5-4-17-39-26-15-12-23(13-16-26)11-14-24-7-6-9-28-32(24)25(19-30(35)36)20-33(28)21-31(37)38/h2-3,6-16,20H,4-5,17-19,21H2,1H3,(H,35,36)(H,37,38). The molecule has 8 nitrogen and oxygen atoms in total. The molecule has 0 spiro atoms. The summed E-state index contributed by atoms with van der Waals surface area (Å²) in [4.78, 5) is 34.4. The first-order valence-electron chi connectivity index (χ1n) is 13.0. The Bertz CT molecular complexity index is 1530. The third-order valence-corrected chi connectivity index (χ3v) is 6.33. The van der Waals surface area contributed by atoms with Crippen LogP contribution in [0.2, 0.25) is 0 Å². The highest BCUT2D eigenvalue weighted by atomic mass is 16.5. The second-order valence-corrected chi connectivity index (χ2v) is 9.35. The molecule has 1 aromatic heterocycles. The van der Waals surface area contributed by atoms with Gasteiger partial charge in [-0.25, -0.2) is 0 Å². The van der Waals surface area contributed by atoms with E-state index in [1.165, 1.54) is 6.92 Å². The predicted octanol–water partition coefficient (Wildman–Crippen LogP) is 5.96. The summed E-state index contributed by atoms with van der Waals surface area (Å²) in [5.41, 5.74) is 3.58. The number of benzene rings is 3. The van der Waals surface area contributed by atoms with Gasteiger partial charge in [-0.2, -0.15) is 0 Å². The number of aromatic nitrogens is 1. The van der Waals surface area contributed by atoms with Gasteiger partial charge < -0.3 is 24.3 Å². The number of ketones is 1. The van der Waals surface area contributed by atoms with E-state index >= 15 is 0 Å². The Balaban J connectivity index is 1.33. The Morgan fingerprint density at radius 3 is 2.25 bits per heavy atom. The Hall–Kier alpha value is -4.85. The van der Waals surface area contributed by atoms with Crippen LogP contribution >= 0.6 is 0 Å². The molecule has 0 aliphatic rings. The lowest BCUT2D eigenvalue weighted by Gasteiger charge is -2.10. The average molecular weight is 542 g/mol. The van der Waals surface area contributed by atoms with Crippen molar-refractivity contribution in [1.29, 1.82) is 0 Å². The second kappa shape index (κ2) is 13.3. The van der Waals surface area contributed by atoms with Crippen LogP contribution in [0.3, 0.4) is 0 Å². The molecule has 206 valence electrons. The number of Topliss-reactive ketones (excluding diaryl/α,β-unsaturated/α-hetero) is 1. The molecular weight excluding hydrogens is 510 g/mol. The van der Waals surface area contributed by atoms with Crippen LogP contribution < -0.4 is 9.47 Å². The summed E-state index contributed by atoms with van der Waals surface area (Å²) in [6.07, 6.45) is 6.82. The lowest BCUT2D eigenvalue weighted by molar-refractivity contribution is -0.138. The van der Waals surface area contributed by atoms with Gasteiger partial charge in [-0.15, -0.1) is 0 Å². The number of hydrogen-bond donors (Lipinski definition) is 2. The largest absolute Gasteiger partial charge is 0.494 e. The summed E-state index contributed by atoms with van der Waals surface area (Å²) in [5, 5.41) is 19.3. The van der Waals surface area contributed by atoms with Crippen molar-refractivity contribution in [2.45, 2.75) is 32.7 Å². The minimum absolute atomic E-state index is 0.0212. The molecule has 0 fully saturated rings. The Kier molecular flexibility index (Phi) is 9.35. The minimum atomic E-state index is -0.995. The zero-order chi connectivity index (χ0) is 28.5. The van der Waals surface area contributed by atoms with Crippen molar-refractivity contribution in [1.82, 2.24) is 4.57 Å². The van der Waals surface area contributed by atoms with E-state index in [2.05, 4.69) is 0 Å². The number of carbonyl (C=O) groups excluding carboxylic acids is 1. The second-order valence-electron chi connectivity index (χ2n) is 9.35. The zero-order valence-electron chi connectivity index (χ0n) is 22.2. The van der Waals surface area contributed by atoms with Gasteiger partial charge in [0.1, 0.15) is 18.0 Å². The van der Waals surface area contributed by atoms with Gasteiger partial charge in [-0.1, -0.05) is 48.6 Å². The number of unbranched alkanes of at least 4 members (excludes halogenated alkanes) is 1. The van der Waals surface area contributed by atoms with Crippen LogP contribution in [0.4, 0.5) is 0 Å². The molecule has 0 saturated carbocycles. The summed E-state index contributed by atoms with van der Waals surface area (Å²) < 4.78 is 13.2. The molecule has 0 saturated heterocycles. The summed E-state index contributed by atoms with van der Waals surface area (Å²) in [7, 11) is 0. The number of aliphatic carboxylic acids is 2. The maximum atomic E-state index is 11.7. The minimum Gasteiger partial charge on any atom is -0.494 e. The third-order valence-electron chi connectivity index (χ3n) is 6.33. The van der Waals surface area contributed by atoms with Crippen molar-refractivity contribution in [3.63, 3.8) is 0 Å². The molecule has 0 atom stereocenters. The molecule has 4 rings (SSSR count). The maximum absolute atomic E-state index is 11.7. The van der Waals surface area contributed by atoms with Gasteiger partial charge in [0.2, 0.25) is 0 Å². The van der Waals surface area contributed by atoms with Gasteiger partial charge >= 0.3 is 11.9 Å². The number of para-hydroxylation sites is 1. The van der Waals surface area contributed by atoms with Crippen molar-refractivity contribution in [3.05, 3.63) is 95.2 Å². The Labute approximate surface area is 232 Å². The molecule has 0 aliphatic carbocycles. The number of carbonyl (C=O) groups is 3. The van der Waals surface area contributed by atoms with E-state index in [-0.39, 0.29) is 18.7 Å². The number of carboxylic acids is 2. The van der Waals surface area contributed by atoms with Crippen LogP contribution in [0.15, 0.2) is 72.9 Å². The summed E-state index contributed by atoms with van der Waals surface area (Å²) in [6, 6.07) is 20.4. The lowest BCUT2D eigenvalue weighted by Crippen LogP contribution is -2.07. The lowest BCUT2D eigenvalue weighted by atomic mass is 10.0. The van der Waals surface area contributed by atoms with Gasteiger partial charge in [0, 0.05) is 17.1 Å². The first kappa shape index (κ1) is 28.2. The normalized spacial score (nSPS) is 11.1. The number of rotatable bonds is 14. The van der Waals surface area contributed by atoms with Crippen molar-refractivity contribution >= 4 is 40.8 Å². The fraction of sp³-hybridized carbons (Fsp3) is 0.219. The van der Waals surface area contributed by atoms with Gasteiger partial charge in [-0.05, 0) is 66.8 Å². The monoisotopic (exact) mass is 541 g/mol. The number of ether oxygens (including phenoxy) is 2. The van der Waals surface area contributed by atoms with Crippen LogP contribution in [0.25, 0.3) is 23.1 Å². The highest BCUT2D eigenvalue weighted by Gasteiger charge is 2.15. The van der Waals surface area contributed by atoms with Gasteiger partial charge in [0.05, 0.1) is 25.2 Å². The average Bonchev–Trinajstić information content (AvgIpc) is 3.26. The summed E-state index contributed by atoms with van der Waals surface area (Å²) in [5.74, 6) is -0.643. The van der Waals surface area contributed by atoms with E-state index in [0.717, 1.165) is 35.1 Å². The molecule has 40 heavy (non-hydrogen) atoms. The zero-order valence-corrected chi connectivity index (χ0v) is 22.2. The molecule has 0 bridgehead atoms. The third kappa shape index (κ3) is 7.38. The van der Waals surface area contributed by atoms with E-state index in [9.17, 15) is 24.6 Å². The topological polar surface area (TPSA) is 115 Å². The Morgan fingerprint density at radius 1 is 0.825 bits per heavy atom. The van der Waals surface area contributed by atoms with E-state index < -0.39 is 11.9 Å². The molecule has 0 amide bonds. The molecule has 2 N–H and O–H groups in total. The van der Waals surface area contributed by atoms with Gasteiger partial charge in [0.15, 0.2) is 5.78 Å². The number of hydrogen-bond acceptors (Lipinski definition) is 5. The summed E-state index contributed by atoms with van der Waals surface area (Å²) >= 11 is 0. The van der Waals surface area contributed by atoms with E-state index in [1.54, 1.807) is 29.0 Å². The van der Waals surface area contributed by atoms with E-state index in [4.69, 9.17) is 9.47 Å². The Morgan fingerprint density at radius 2 is 1.55 bits per heavy atom. The van der Waals surface area contributed by atoms with Crippen LogP contribution in [0.5, 0.6) is 11.5 Å². The van der Waals surface area contributed by atoms with E-state index in [0.29, 0.717) is 35.6 Å². The molecule has 4 aromatic rings. The highest BCUT2D eigenvalue weighted by Crippen LogP contribution is 2.28. The number of nitrogens with zero attached hydrogens (tertiary/aromatic N) is 1. The molecule has 8 heteroatoms. The molecule has 0 aliphatic heterocycles. The first-order chi connectivity index (χ1) is 19.3. The van der Waals surface area contributed by atoms with Crippen molar-refractivity contribution in [3.8, 4) is 11.5 Å². The predicted molar refractivity (Wildman–Crippen MR) is 153 cm³/mol. The van der Waals surface area contributed by atoms with Crippen molar-refractivity contribution in [2.75, 3.05) is 13.2 Å². The SMILES string of the molecule is CC(=O)c1ccccc1OCCCCOc1ccc(C=Cc2cccc3c2c(CC(=O)O)cn3CC(=O)O)cc1. The van der Waals surface area contributed by atoms with Crippen molar-refractivity contribution < 1.29 is 34.1 Å². The van der Waals surface area contributed by atoms with Crippen molar-refractivity contribution in [2.24, 2.45) is 0 Å². The molecule has 0 unspecified atom stereocenters. The quantitative estimate of drug-likeness (QED) is 0.115. The molecule has 1 heterocycles. The van der Waals surface area contributed by atoms with Crippen LogP contribution in [-0.2, 0) is 22.6 Å². The molecular formula is C32H31NO7.